The van der Waals surface area contributed by atoms with Crippen molar-refractivity contribution >= 4 is 0 Å². The van der Waals surface area contributed by atoms with E-state index in [0.717, 1.165) is 37.3 Å². The van der Waals surface area contributed by atoms with E-state index in [0.29, 0.717) is 23.0 Å². The van der Waals surface area contributed by atoms with Crippen LogP contribution in [0, 0.1) is 6.92 Å². The molecule has 1 unspecified atom stereocenters. The summed E-state index contributed by atoms with van der Waals surface area (Å²) in [5, 5.41) is 10.5. The summed E-state index contributed by atoms with van der Waals surface area (Å²) < 4.78 is 13.7. The molecule has 1 aliphatic rings. The summed E-state index contributed by atoms with van der Waals surface area (Å²) in [5.74, 6) is 0.683. The first-order valence-electron chi connectivity index (χ1n) is 10.4. The van der Waals surface area contributed by atoms with Gasteiger partial charge in [-0.05, 0) is 31.9 Å². The van der Waals surface area contributed by atoms with Crippen molar-refractivity contribution in [2.24, 2.45) is 0 Å². The van der Waals surface area contributed by atoms with Crippen molar-refractivity contribution < 1.29 is 14.3 Å². The predicted molar refractivity (Wildman–Crippen MR) is 117 cm³/mol. The molecule has 0 aliphatic carbocycles. The van der Waals surface area contributed by atoms with E-state index < -0.39 is 11.2 Å². The minimum absolute atomic E-state index is 0.0832. The molecule has 0 radical (unpaired) electrons. The Hall–Kier alpha value is -3.58. The number of aromatic hydroxyl groups is 1. The van der Waals surface area contributed by atoms with E-state index in [9.17, 15) is 9.90 Å². The lowest BCUT2D eigenvalue weighted by atomic mass is 10.1. The average molecular weight is 417 g/mol. The molecule has 0 spiro atoms. The maximum absolute atomic E-state index is 12.2. The van der Waals surface area contributed by atoms with Gasteiger partial charge in [-0.25, -0.2) is 4.98 Å². The van der Waals surface area contributed by atoms with E-state index in [1.54, 1.807) is 6.92 Å². The second kappa shape index (κ2) is 7.92. The molecule has 1 aromatic carbocycles. The maximum Gasteiger partial charge on any atom is 0.227 e. The fourth-order valence-corrected chi connectivity index (χ4v) is 4.03. The van der Waals surface area contributed by atoms with Gasteiger partial charge in [0.05, 0.1) is 11.8 Å². The Kier molecular flexibility index (Phi) is 4.95. The first-order chi connectivity index (χ1) is 15.1. The van der Waals surface area contributed by atoms with Crippen LogP contribution in [0.1, 0.15) is 18.6 Å². The molecule has 3 aromatic heterocycles. The van der Waals surface area contributed by atoms with Crippen LogP contribution < -0.4 is 5.43 Å². The van der Waals surface area contributed by atoms with Gasteiger partial charge in [0.2, 0.25) is 11.2 Å². The van der Waals surface area contributed by atoms with E-state index in [1.165, 1.54) is 6.07 Å². The molecular weight excluding hydrogens is 394 g/mol. The second-order valence-electron chi connectivity index (χ2n) is 7.75. The number of nitrogens with one attached hydrogen (secondary N) is 1. The third-order valence-corrected chi connectivity index (χ3v) is 5.52. The van der Waals surface area contributed by atoms with E-state index in [2.05, 4.69) is 9.55 Å². The van der Waals surface area contributed by atoms with E-state index in [1.807, 2.05) is 48.7 Å². The molecule has 0 amide bonds. The molecule has 0 bridgehead atoms. The van der Waals surface area contributed by atoms with Gasteiger partial charge in [-0.1, -0.05) is 30.3 Å². The SMILES string of the molecule is Cc1cc(=O)c(O)c(-c2[nH]c(-c3cccn3CC3CCCO3)nc2-c2ccccc2)o1. The summed E-state index contributed by atoms with van der Waals surface area (Å²) in [4.78, 5) is 20.3. The van der Waals surface area contributed by atoms with Crippen molar-refractivity contribution in [1.82, 2.24) is 14.5 Å². The van der Waals surface area contributed by atoms with Crippen molar-refractivity contribution in [2.75, 3.05) is 6.61 Å². The van der Waals surface area contributed by atoms with Crippen molar-refractivity contribution in [2.45, 2.75) is 32.4 Å². The first-order valence-corrected chi connectivity index (χ1v) is 10.4. The van der Waals surface area contributed by atoms with Crippen LogP contribution in [-0.4, -0.2) is 32.4 Å². The van der Waals surface area contributed by atoms with Crippen LogP contribution in [0.15, 0.2) is 63.9 Å². The highest BCUT2D eigenvalue weighted by Gasteiger charge is 2.23. The van der Waals surface area contributed by atoms with Crippen LogP contribution in [0.5, 0.6) is 5.75 Å². The van der Waals surface area contributed by atoms with Gasteiger partial charge in [-0.3, -0.25) is 4.79 Å². The topological polar surface area (TPSA) is 93.3 Å². The molecule has 1 saturated heterocycles. The van der Waals surface area contributed by atoms with Crippen LogP contribution in [0.3, 0.4) is 0 Å². The molecule has 31 heavy (non-hydrogen) atoms. The third kappa shape index (κ3) is 3.68. The molecule has 158 valence electrons. The Morgan fingerprint density at radius 3 is 2.84 bits per heavy atom. The number of benzene rings is 1. The number of rotatable bonds is 5. The van der Waals surface area contributed by atoms with Crippen LogP contribution in [0.2, 0.25) is 0 Å². The van der Waals surface area contributed by atoms with E-state index >= 15 is 0 Å². The van der Waals surface area contributed by atoms with Crippen molar-refractivity contribution in [3.63, 3.8) is 0 Å². The fourth-order valence-electron chi connectivity index (χ4n) is 4.03. The molecule has 5 rings (SSSR count). The number of imidazole rings is 1. The average Bonchev–Trinajstić information content (AvgIpc) is 3.52. The molecular formula is C24H23N3O4. The summed E-state index contributed by atoms with van der Waals surface area (Å²) in [7, 11) is 0. The molecule has 1 aliphatic heterocycles. The number of aromatic amines is 1. The largest absolute Gasteiger partial charge is 0.501 e. The van der Waals surface area contributed by atoms with Gasteiger partial charge < -0.3 is 23.8 Å². The second-order valence-corrected chi connectivity index (χ2v) is 7.75. The predicted octanol–water partition coefficient (Wildman–Crippen LogP) is 4.36. The highest BCUT2D eigenvalue weighted by molar-refractivity contribution is 5.80. The van der Waals surface area contributed by atoms with Crippen molar-refractivity contribution in [3.8, 4) is 40.0 Å². The summed E-state index contributed by atoms with van der Waals surface area (Å²) >= 11 is 0. The molecule has 2 N–H and O–H groups in total. The van der Waals surface area contributed by atoms with Gasteiger partial charge >= 0.3 is 0 Å². The van der Waals surface area contributed by atoms with Crippen molar-refractivity contribution in [1.29, 1.82) is 0 Å². The zero-order valence-electron chi connectivity index (χ0n) is 17.2. The summed E-state index contributed by atoms with van der Waals surface area (Å²) in [6, 6.07) is 14.8. The Morgan fingerprint density at radius 2 is 2.06 bits per heavy atom. The third-order valence-electron chi connectivity index (χ3n) is 5.52. The number of hydrogen-bond donors (Lipinski definition) is 2. The maximum atomic E-state index is 12.2. The standard InChI is InChI=1S/C24H23N3O4/c1-15-13-19(28)22(29)23(31-15)21-20(16-7-3-2-4-8-16)25-24(26-21)18-10-5-11-27(18)14-17-9-6-12-30-17/h2-5,7-8,10-11,13,17,29H,6,9,12,14H2,1H3,(H,25,26). The molecule has 4 heterocycles. The number of nitrogens with zero attached hydrogens (tertiary/aromatic N) is 2. The smallest absolute Gasteiger partial charge is 0.227 e. The minimum Gasteiger partial charge on any atom is -0.501 e. The minimum atomic E-state index is -0.490. The number of aryl methyl sites for hydroxylation is 1. The number of ether oxygens (including phenoxy) is 1. The van der Waals surface area contributed by atoms with Gasteiger partial charge in [0.25, 0.3) is 0 Å². The summed E-state index contributed by atoms with van der Waals surface area (Å²) in [6.07, 6.45) is 4.31. The van der Waals surface area contributed by atoms with Crippen LogP contribution in [0.4, 0.5) is 0 Å². The number of hydrogen-bond acceptors (Lipinski definition) is 5. The van der Waals surface area contributed by atoms with Crippen LogP contribution in [-0.2, 0) is 11.3 Å². The lowest BCUT2D eigenvalue weighted by Gasteiger charge is -2.13. The van der Waals surface area contributed by atoms with E-state index in [4.69, 9.17) is 14.1 Å². The normalized spacial score (nSPS) is 16.1. The van der Waals surface area contributed by atoms with E-state index in [-0.39, 0.29) is 11.9 Å². The van der Waals surface area contributed by atoms with Crippen molar-refractivity contribution in [3.05, 3.63) is 70.7 Å². The number of H-pyrrole nitrogens is 1. The molecule has 4 aromatic rings. The van der Waals surface area contributed by atoms with Gasteiger partial charge in [0, 0.05) is 31.0 Å². The highest BCUT2D eigenvalue weighted by Crippen LogP contribution is 2.36. The quantitative estimate of drug-likeness (QED) is 0.503. The lowest BCUT2D eigenvalue weighted by molar-refractivity contribution is 0.0974. The van der Waals surface area contributed by atoms with Gasteiger partial charge in [-0.15, -0.1) is 0 Å². The molecule has 1 fully saturated rings. The number of aromatic nitrogens is 3. The van der Waals surface area contributed by atoms with Crippen LogP contribution >= 0.6 is 0 Å². The van der Waals surface area contributed by atoms with Gasteiger partial charge in [0.15, 0.2) is 11.6 Å². The Labute approximate surface area is 179 Å². The Bertz CT molecular complexity index is 1260. The van der Waals surface area contributed by atoms with Gasteiger partial charge in [-0.2, -0.15) is 0 Å². The highest BCUT2D eigenvalue weighted by atomic mass is 16.5. The molecule has 7 heteroatoms. The van der Waals surface area contributed by atoms with Gasteiger partial charge in [0.1, 0.15) is 17.1 Å². The zero-order valence-corrected chi connectivity index (χ0v) is 17.2. The van der Waals surface area contributed by atoms with Crippen LogP contribution in [0.25, 0.3) is 34.2 Å². The summed E-state index contributed by atoms with van der Waals surface area (Å²) in [5.41, 5.74) is 2.32. The Morgan fingerprint density at radius 1 is 1.23 bits per heavy atom. The fraction of sp³-hybridized carbons (Fsp3) is 0.250. The molecule has 1 atom stereocenters. The molecule has 7 nitrogen and oxygen atoms in total. The lowest BCUT2D eigenvalue weighted by Crippen LogP contribution is -2.15. The molecule has 0 saturated carbocycles. The Balaban J connectivity index is 1.65. The monoisotopic (exact) mass is 417 g/mol. The zero-order chi connectivity index (χ0) is 21.4. The summed E-state index contributed by atoms with van der Waals surface area (Å²) in [6.45, 7) is 3.22. The first kappa shape index (κ1) is 19.4.